The first-order valence-electron chi connectivity index (χ1n) is 7.54. The van der Waals surface area contributed by atoms with Gasteiger partial charge in [0.25, 0.3) is 10.2 Å². The summed E-state index contributed by atoms with van der Waals surface area (Å²) in [6.45, 7) is 7.56. The number of methoxy groups -OCH3 is 1. The number of nitrogens with one attached hydrogen (secondary N) is 1. The lowest BCUT2D eigenvalue weighted by Gasteiger charge is -2.37. The topological polar surface area (TPSA) is 61.9 Å². The van der Waals surface area contributed by atoms with Gasteiger partial charge in [-0.15, -0.1) is 0 Å². The molecule has 0 bridgehead atoms. The molecular formula is C13H29N3O3S. The fraction of sp³-hybridized carbons (Fsp3) is 1.00. The Balaban J connectivity index is 2.67. The van der Waals surface area contributed by atoms with Crippen molar-refractivity contribution in [2.75, 3.05) is 46.4 Å². The second-order valence-corrected chi connectivity index (χ2v) is 6.93. The first-order valence-corrected chi connectivity index (χ1v) is 8.94. The maximum Gasteiger partial charge on any atom is 0.282 e. The molecule has 1 saturated heterocycles. The van der Waals surface area contributed by atoms with Gasteiger partial charge < -0.3 is 10.1 Å². The normalized spacial score (nSPS) is 21.5. The van der Waals surface area contributed by atoms with Crippen LogP contribution in [0.2, 0.25) is 0 Å². The first kappa shape index (κ1) is 17.8. The van der Waals surface area contributed by atoms with Gasteiger partial charge in [0.1, 0.15) is 0 Å². The number of nitrogens with zero attached hydrogens (tertiary/aromatic N) is 2. The molecular weight excluding hydrogens is 278 g/mol. The summed E-state index contributed by atoms with van der Waals surface area (Å²) in [5, 5.41) is 3.28. The predicted octanol–water partition coefficient (Wildman–Crippen LogP) is 0.664. The smallest absolute Gasteiger partial charge is 0.282 e. The molecule has 1 aliphatic rings. The highest BCUT2D eigenvalue weighted by atomic mass is 32.2. The Bertz CT molecular complexity index is 358. The van der Waals surface area contributed by atoms with Gasteiger partial charge in [-0.2, -0.15) is 17.0 Å². The Morgan fingerprint density at radius 3 is 2.60 bits per heavy atom. The highest BCUT2D eigenvalue weighted by Gasteiger charge is 2.34. The van der Waals surface area contributed by atoms with Gasteiger partial charge in [-0.25, -0.2) is 0 Å². The van der Waals surface area contributed by atoms with Gasteiger partial charge in [-0.05, 0) is 12.8 Å². The average Bonchev–Trinajstić information content (AvgIpc) is 2.45. The molecule has 1 N–H and O–H groups in total. The summed E-state index contributed by atoms with van der Waals surface area (Å²) in [6, 6.07) is 0.0613. The van der Waals surface area contributed by atoms with Crippen molar-refractivity contribution in [3.8, 4) is 0 Å². The molecule has 1 rings (SSSR count). The highest BCUT2D eigenvalue weighted by Crippen LogP contribution is 2.22. The van der Waals surface area contributed by atoms with E-state index >= 15 is 0 Å². The molecule has 0 aromatic heterocycles. The van der Waals surface area contributed by atoms with Crippen molar-refractivity contribution >= 4 is 10.2 Å². The quantitative estimate of drug-likeness (QED) is 0.636. The van der Waals surface area contributed by atoms with Crippen molar-refractivity contribution in [3.63, 3.8) is 0 Å². The van der Waals surface area contributed by atoms with Gasteiger partial charge in [-0.3, -0.25) is 0 Å². The molecule has 7 heteroatoms. The van der Waals surface area contributed by atoms with Crippen LogP contribution in [0.25, 0.3) is 0 Å². The third-order valence-corrected chi connectivity index (χ3v) is 6.01. The zero-order valence-electron chi connectivity index (χ0n) is 13.0. The van der Waals surface area contributed by atoms with Crippen LogP contribution in [0, 0.1) is 0 Å². The zero-order valence-corrected chi connectivity index (χ0v) is 13.8. The Morgan fingerprint density at radius 2 is 2.00 bits per heavy atom. The van der Waals surface area contributed by atoms with Gasteiger partial charge in [0.05, 0.1) is 6.61 Å². The molecule has 120 valence electrons. The molecule has 20 heavy (non-hydrogen) atoms. The summed E-state index contributed by atoms with van der Waals surface area (Å²) in [5.41, 5.74) is 0. The lowest BCUT2D eigenvalue weighted by molar-refractivity contribution is 0.189. The van der Waals surface area contributed by atoms with E-state index in [4.69, 9.17) is 4.74 Å². The van der Waals surface area contributed by atoms with Crippen molar-refractivity contribution < 1.29 is 13.2 Å². The van der Waals surface area contributed by atoms with E-state index in [0.29, 0.717) is 32.8 Å². The summed E-state index contributed by atoms with van der Waals surface area (Å²) in [6.07, 6.45) is 2.98. The minimum Gasteiger partial charge on any atom is -0.383 e. The van der Waals surface area contributed by atoms with E-state index in [1.807, 2.05) is 13.8 Å². The lowest BCUT2D eigenvalue weighted by Crippen LogP contribution is -2.53. The lowest BCUT2D eigenvalue weighted by atomic mass is 10.1. The fourth-order valence-corrected chi connectivity index (χ4v) is 4.49. The largest absolute Gasteiger partial charge is 0.383 e. The van der Waals surface area contributed by atoms with E-state index in [1.54, 1.807) is 15.7 Å². The summed E-state index contributed by atoms with van der Waals surface area (Å²) in [4.78, 5) is 0. The second-order valence-electron chi connectivity index (χ2n) is 5.05. The Morgan fingerprint density at radius 1 is 1.30 bits per heavy atom. The van der Waals surface area contributed by atoms with Gasteiger partial charge >= 0.3 is 0 Å². The monoisotopic (exact) mass is 307 g/mol. The number of hydrogen-bond acceptors (Lipinski definition) is 4. The summed E-state index contributed by atoms with van der Waals surface area (Å²) in [7, 11) is -1.65. The number of hydrogen-bond donors (Lipinski definition) is 1. The van der Waals surface area contributed by atoms with Crippen molar-refractivity contribution in [3.05, 3.63) is 0 Å². The standard InChI is InChI=1S/C13H29N3O3S/c1-4-15(5-2)20(17,18)16-10-7-6-8-13(16)12-14-9-11-19-3/h13-14H,4-12H2,1-3H3. The summed E-state index contributed by atoms with van der Waals surface area (Å²) >= 11 is 0. The Hall–Kier alpha value is -0.210. The van der Waals surface area contributed by atoms with Crippen LogP contribution in [-0.4, -0.2) is 69.5 Å². The molecule has 6 nitrogen and oxygen atoms in total. The van der Waals surface area contributed by atoms with Crippen LogP contribution in [0.15, 0.2) is 0 Å². The Kier molecular flexibility index (Phi) is 7.98. The van der Waals surface area contributed by atoms with Gasteiger partial charge in [0, 0.05) is 45.9 Å². The van der Waals surface area contributed by atoms with E-state index in [2.05, 4.69) is 5.32 Å². The summed E-state index contributed by atoms with van der Waals surface area (Å²) in [5.74, 6) is 0. The van der Waals surface area contributed by atoms with Crippen molar-refractivity contribution in [2.45, 2.75) is 39.2 Å². The van der Waals surface area contributed by atoms with Crippen LogP contribution in [0.4, 0.5) is 0 Å². The van der Waals surface area contributed by atoms with Crippen LogP contribution in [0.5, 0.6) is 0 Å². The maximum absolute atomic E-state index is 12.6. The molecule has 0 radical (unpaired) electrons. The van der Waals surface area contributed by atoms with Crippen molar-refractivity contribution in [2.24, 2.45) is 0 Å². The second kappa shape index (κ2) is 8.94. The third kappa shape index (κ3) is 4.66. The number of piperidine rings is 1. The van der Waals surface area contributed by atoms with E-state index in [9.17, 15) is 8.42 Å². The molecule has 0 amide bonds. The highest BCUT2D eigenvalue weighted by molar-refractivity contribution is 7.86. The zero-order chi connectivity index (χ0) is 15.0. The van der Waals surface area contributed by atoms with Gasteiger partial charge in [0.15, 0.2) is 0 Å². The van der Waals surface area contributed by atoms with Crippen LogP contribution in [0.3, 0.4) is 0 Å². The molecule has 1 fully saturated rings. The van der Waals surface area contributed by atoms with Crippen LogP contribution in [0.1, 0.15) is 33.1 Å². The molecule has 0 spiro atoms. The summed E-state index contributed by atoms with van der Waals surface area (Å²) < 4.78 is 33.5. The molecule has 0 aliphatic carbocycles. The van der Waals surface area contributed by atoms with Crippen molar-refractivity contribution in [1.82, 2.24) is 13.9 Å². The Labute approximate surface area is 123 Å². The van der Waals surface area contributed by atoms with Crippen LogP contribution in [-0.2, 0) is 14.9 Å². The minimum absolute atomic E-state index is 0.0613. The molecule has 1 atom stereocenters. The van der Waals surface area contributed by atoms with Gasteiger partial charge in [0.2, 0.25) is 0 Å². The van der Waals surface area contributed by atoms with Crippen molar-refractivity contribution in [1.29, 1.82) is 0 Å². The first-order chi connectivity index (χ1) is 9.57. The molecule has 0 aromatic rings. The van der Waals surface area contributed by atoms with E-state index in [1.165, 1.54) is 0 Å². The van der Waals surface area contributed by atoms with E-state index < -0.39 is 10.2 Å². The van der Waals surface area contributed by atoms with Crippen LogP contribution < -0.4 is 5.32 Å². The maximum atomic E-state index is 12.6. The van der Waals surface area contributed by atoms with Crippen LogP contribution >= 0.6 is 0 Å². The average molecular weight is 307 g/mol. The molecule has 1 aliphatic heterocycles. The SMILES string of the molecule is CCN(CC)S(=O)(=O)N1CCCCC1CNCCOC. The predicted molar refractivity (Wildman–Crippen MR) is 80.9 cm³/mol. The fourth-order valence-electron chi connectivity index (χ4n) is 2.62. The molecule has 0 aromatic carbocycles. The minimum atomic E-state index is -3.32. The number of ether oxygens (including phenoxy) is 1. The van der Waals surface area contributed by atoms with E-state index in [-0.39, 0.29) is 6.04 Å². The molecule has 1 unspecified atom stereocenters. The molecule has 1 heterocycles. The van der Waals surface area contributed by atoms with Gasteiger partial charge in [-0.1, -0.05) is 20.3 Å². The third-order valence-electron chi connectivity index (χ3n) is 3.76. The van der Waals surface area contributed by atoms with E-state index in [0.717, 1.165) is 25.8 Å². The molecule has 0 saturated carbocycles. The number of rotatable bonds is 9.